The van der Waals surface area contributed by atoms with E-state index in [4.69, 9.17) is 4.74 Å². The number of ether oxygens (including phenoxy) is 1. The van der Waals surface area contributed by atoms with E-state index in [1.807, 2.05) is 24.3 Å². The van der Waals surface area contributed by atoms with Crippen molar-refractivity contribution in [2.75, 3.05) is 56.5 Å². The third kappa shape index (κ3) is 4.85. The Hall–Kier alpha value is -4.25. The van der Waals surface area contributed by atoms with E-state index in [0.717, 1.165) is 50.0 Å². The second-order valence-corrected chi connectivity index (χ2v) is 10.0. The van der Waals surface area contributed by atoms with Gasteiger partial charge in [-0.3, -0.25) is 4.79 Å². The van der Waals surface area contributed by atoms with Gasteiger partial charge in [-0.05, 0) is 44.7 Å². The highest BCUT2D eigenvalue weighted by atomic mass is 19.1. The lowest BCUT2D eigenvalue weighted by Gasteiger charge is -2.34. The summed E-state index contributed by atoms with van der Waals surface area (Å²) in [5.74, 6) is -2.03. The molecule has 39 heavy (non-hydrogen) atoms. The Morgan fingerprint density at radius 1 is 1.05 bits per heavy atom. The van der Waals surface area contributed by atoms with Gasteiger partial charge in [-0.25, -0.2) is 18.7 Å². The van der Waals surface area contributed by atoms with Gasteiger partial charge in [0.05, 0.1) is 5.52 Å². The fourth-order valence-electron chi connectivity index (χ4n) is 4.91. The Balaban J connectivity index is 1.35. The van der Waals surface area contributed by atoms with Gasteiger partial charge in [0.2, 0.25) is 5.88 Å². The van der Waals surface area contributed by atoms with Crippen molar-refractivity contribution in [2.45, 2.75) is 13.3 Å². The number of aromatic amines is 1. The molecule has 4 heterocycles. The number of carbonyl (C=O) groups is 1. The van der Waals surface area contributed by atoms with Crippen molar-refractivity contribution in [1.82, 2.24) is 24.8 Å². The van der Waals surface area contributed by atoms with Gasteiger partial charge < -0.3 is 29.7 Å². The van der Waals surface area contributed by atoms with Crippen molar-refractivity contribution in [3.05, 3.63) is 65.6 Å². The molecule has 1 amide bonds. The van der Waals surface area contributed by atoms with Crippen molar-refractivity contribution in [1.29, 1.82) is 0 Å². The Bertz CT molecular complexity index is 1540. The zero-order valence-electron chi connectivity index (χ0n) is 21.8. The number of H-pyrrole nitrogens is 1. The molecule has 11 heteroatoms. The number of rotatable bonds is 6. The smallest absolute Gasteiger partial charge is 0.263 e. The van der Waals surface area contributed by atoms with E-state index >= 15 is 4.39 Å². The van der Waals surface area contributed by atoms with Gasteiger partial charge in [0.1, 0.15) is 11.9 Å². The number of hydrogen-bond donors (Lipinski definition) is 2. The van der Waals surface area contributed by atoms with Crippen LogP contribution in [0.4, 0.5) is 26.0 Å². The molecule has 0 unspecified atom stereocenters. The van der Waals surface area contributed by atoms with Crippen molar-refractivity contribution in [2.24, 2.45) is 0 Å². The number of halogens is 2. The molecule has 2 aliphatic heterocycles. The van der Waals surface area contributed by atoms with Crippen LogP contribution in [0.15, 0.2) is 42.7 Å². The number of amides is 1. The van der Waals surface area contributed by atoms with Gasteiger partial charge >= 0.3 is 0 Å². The maximum absolute atomic E-state index is 15.3. The number of piperazine rings is 1. The molecular weight excluding hydrogens is 504 g/mol. The molecule has 2 aromatic heterocycles. The Kier molecular flexibility index (Phi) is 6.51. The van der Waals surface area contributed by atoms with Crippen LogP contribution in [0.1, 0.15) is 22.5 Å². The first kappa shape index (κ1) is 25.1. The lowest BCUT2D eigenvalue weighted by Crippen LogP contribution is -2.44. The molecule has 2 fully saturated rings. The third-order valence-electron chi connectivity index (χ3n) is 7.26. The molecule has 202 valence electrons. The summed E-state index contributed by atoms with van der Waals surface area (Å²) in [7, 11) is 2.11. The van der Waals surface area contributed by atoms with Crippen molar-refractivity contribution < 1.29 is 18.3 Å². The van der Waals surface area contributed by atoms with Crippen LogP contribution < -0.4 is 15.0 Å². The first-order valence-electron chi connectivity index (χ1n) is 13.0. The number of nitrogens with one attached hydrogen (secondary N) is 2. The van der Waals surface area contributed by atoms with E-state index in [2.05, 4.69) is 37.1 Å². The molecule has 0 aliphatic carbocycles. The highest BCUT2D eigenvalue weighted by Crippen LogP contribution is 2.36. The second kappa shape index (κ2) is 10.1. The van der Waals surface area contributed by atoms with Gasteiger partial charge in [0.25, 0.3) is 5.91 Å². The van der Waals surface area contributed by atoms with Crippen molar-refractivity contribution >= 4 is 34.0 Å². The van der Waals surface area contributed by atoms with E-state index in [9.17, 15) is 9.18 Å². The average Bonchev–Trinajstić information content (AvgIpc) is 3.29. The van der Waals surface area contributed by atoms with Crippen LogP contribution in [-0.4, -0.2) is 77.0 Å². The molecule has 2 aromatic carbocycles. The quantitative estimate of drug-likeness (QED) is 0.372. The van der Waals surface area contributed by atoms with E-state index in [1.54, 1.807) is 11.8 Å². The van der Waals surface area contributed by atoms with Crippen LogP contribution in [0.3, 0.4) is 0 Å². The van der Waals surface area contributed by atoms with Crippen LogP contribution in [0.25, 0.3) is 10.9 Å². The predicted octanol–water partition coefficient (Wildman–Crippen LogP) is 4.68. The second-order valence-electron chi connectivity index (χ2n) is 10.0. The third-order valence-corrected chi connectivity index (χ3v) is 7.26. The number of nitrogens with zero attached hydrogens (tertiary/aromatic N) is 5. The predicted molar refractivity (Wildman–Crippen MR) is 145 cm³/mol. The zero-order valence-corrected chi connectivity index (χ0v) is 21.8. The average molecular weight is 534 g/mol. The number of hydrogen-bond acceptors (Lipinski definition) is 7. The largest absolute Gasteiger partial charge is 0.435 e. The summed E-state index contributed by atoms with van der Waals surface area (Å²) < 4.78 is 35.9. The molecule has 2 saturated heterocycles. The summed E-state index contributed by atoms with van der Waals surface area (Å²) in [5.41, 5.74) is 2.52. The number of carbonyl (C=O) groups excluding carboxylic acids is 1. The Morgan fingerprint density at radius 2 is 1.85 bits per heavy atom. The lowest BCUT2D eigenvalue weighted by molar-refractivity contribution is 0.0649. The van der Waals surface area contributed by atoms with Crippen LogP contribution in [0.5, 0.6) is 11.6 Å². The lowest BCUT2D eigenvalue weighted by atomic mass is 10.1. The maximum Gasteiger partial charge on any atom is 0.263 e. The molecule has 6 rings (SSSR count). The minimum Gasteiger partial charge on any atom is -0.435 e. The van der Waals surface area contributed by atoms with Gasteiger partial charge in [0, 0.05) is 67.8 Å². The summed E-state index contributed by atoms with van der Waals surface area (Å²) in [6.07, 6.45) is 2.12. The van der Waals surface area contributed by atoms with Gasteiger partial charge in [-0.1, -0.05) is 6.07 Å². The molecule has 0 spiro atoms. The van der Waals surface area contributed by atoms with Crippen LogP contribution in [0.2, 0.25) is 0 Å². The molecule has 0 radical (unpaired) electrons. The van der Waals surface area contributed by atoms with Crippen molar-refractivity contribution in [3.63, 3.8) is 0 Å². The van der Waals surface area contributed by atoms with Crippen molar-refractivity contribution in [3.8, 4) is 11.6 Å². The molecule has 2 aliphatic rings. The number of benzene rings is 2. The molecule has 2 N–H and O–H groups in total. The zero-order chi connectivity index (χ0) is 27.1. The molecule has 9 nitrogen and oxygen atoms in total. The molecular formula is C28H29F2N7O2. The Labute approximate surface area is 224 Å². The van der Waals surface area contributed by atoms with E-state index in [-0.39, 0.29) is 39.8 Å². The number of aryl methyl sites for hydroxylation is 1. The SMILES string of the molecule is Cc1cc2c(F)c(Oc3ncnc(Nc4cccc(N5CCN(C)CC5)c4)c3C(=O)N3CCC3)cc(F)c2[nH]1. The number of anilines is 3. The van der Waals surface area contributed by atoms with Crippen LogP contribution >= 0.6 is 0 Å². The summed E-state index contributed by atoms with van der Waals surface area (Å²) in [4.78, 5) is 31.1. The molecule has 0 saturated carbocycles. The number of likely N-dealkylation sites (N-methyl/N-ethyl adjacent to an activating group) is 1. The fourth-order valence-corrected chi connectivity index (χ4v) is 4.91. The van der Waals surface area contributed by atoms with E-state index < -0.39 is 11.6 Å². The number of fused-ring (bicyclic) bond motifs is 1. The topological polar surface area (TPSA) is 89.6 Å². The fraction of sp³-hybridized carbons (Fsp3) is 0.321. The normalized spacial score (nSPS) is 15.9. The molecule has 4 aromatic rings. The van der Waals surface area contributed by atoms with Crippen LogP contribution in [0, 0.1) is 18.6 Å². The standard InChI is InChI=1S/C28H29F2N7O2/c1-17-13-20-24(30)22(15-21(29)25(20)33-17)39-27-23(28(38)37-7-4-8-37)26(31-16-32-27)34-18-5-3-6-19(14-18)36-11-9-35(2)10-12-36/h3,5-6,13-16,33H,4,7-12H2,1-2H3,(H,31,32,34). The van der Waals surface area contributed by atoms with E-state index in [1.165, 1.54) is 12.4 Å². The first-order valence-corrected chi connectivity index (χ1v) is 13.0. The molecule has 0 atom stereocenters. The van der Waals surface area contributed by atoms with Crippen LogP contribution in [-0.2, 0) is 0 Å². The minimum absolute atomic E-state index is 0.0551. The molecule has 0 bridgehead atoms. The highest BCUT2D eigenvalue weighted by molar-refractivity contribution is 6.02. The van der Waals surface area contributed by atoms with E-state index in [0.29, 0.717) is 18.8 Å². The minimum atomic E-state index is -0.744. The monoisotopic (exact) mass is 533 g/mol. The first-order chi connectivity index (χ1) is 18.9. The summed E-state index contributed by atoms with van der Waals surface area (Å²) in [6.45, 7) is 6.67. The van der Waals surface area contributed by atoms with Gasteiger partial charge in [0.15, 0.2) is 23.2 Å². The summed E-state index contributed by atoms with van der Waals surface area (Å²) in [5, 5.41) is 3.30. The van der Waals surface area contributed by atoms with Gasteiger partial charge in [-0.2, -0.15) is 0 Å². The number of aromatic nitrogens is 3. The number of likely N-dealkylation sites (tertiary alicyclic amines) is 1. The maximum atomic E-state index is 15.3. The van der Waals surface area contributed by atoms with Gasteiger partial charge in [-0.15, -0.1) is 0 Å². The summed E-state index contributed by atoms with van der Waals surface area (Å²) in [6, 6.07) is 10.3. The summed E-state index contributed by atoms with van der Waals surface area (Å²) >= 11 is 0. The highest BCUT2D eigenvalue weighted by Gasteiger charge is 2.30. The Morgan fingerprint density at radius 3 is 2.59 bits per heavy atom.